The highest BCUT2D eigenvalue weighted by molar-refractivity contribution is 6.23. The highest BCUT2D eigenvalue weighted by Gasteiger charge is 2.35. The van der Waals surface area contributed by atoms with Crippen molar-refractivity contribution in [2.45, 2.75) is 53.5 Å². The number of aliphatic hydroxyl groups excluding tert-OH is 1. The lowest BCUT2D eigenvalue weighted by Crippen LogP contribution is -2.32. The molecule has 0 bridgehead atoms. The lowest BCUT2D eigenvalue weighted by Gasteiger charge is -2.30. The summed E-state index contributed by atoms with van der Waals surface area (Å²) in [4.78, 5) is 17.4. The second kappa shape index (κ2) is 12.9. The van der Waals surface area contributed by atoms with E-state index in [2.05, 4.69) is 25.3 Å². The Morgan fingerprint density at radius 3 is 2.38 bits per heavy atom. The molecule has 2 aromatic rings. The fraction of sp³-hybridized carbons (Fsp3) is 0.517. The van der Waals surface area contributed by atoms with Gasteiger partial charge in [-0.25, -0.2) is 4.39 Å². The van der Waals surface area contributed by atoms with Gasteiger partial charge in [-0.05, 0) is 49.9 Å². The Balaban J connectivity index is 2.04. The number of hydrogen-bond acceptors (Lipinski definition) is 7. The van der Waals surface area contributed by atoms with Gasteiger partial charge in [0.1, 0.15) is 5.75 Å². The van der Waals surface area contributed by atoms with Crippen LogP contribution in [0.4, 0.5) is 10.1 Å². The van der Waals surface area contributed by atoms with Gasteiger partial charge in [0.05, 0.1) is 44.7 Å². The number of aliphatic hydroxyl groups is 1. The molecule has 1 aliphatic rings. The highest BCUT2D eigenvalue weighted by Crippen LogP contribution is 2.42. The number of Topliss-reactive ketones (excluding diaryl/α,β-unsaturated/α-hetero) is 1. The number of ketones is 1. The predicted molar refractivity (Wildman–Crippen MR) is 153 cm³/mol. The second-order valence-corrected chi connectivity index (χ2v) is 10.4. The summed E-state index contributed by atoms with van der Waals surface area (Å²) in [5.74, 6) is 0.335. The van der Waals surface area contributed by atoms with Crippen molar-refractivity contribution >= 4 is 29.1 Å². The fourth-order valence-corrected chi connectivity index (χ4v) is 5.04. The number of hydrogen-bond donors (Lipinski definition) is 1. The Hall–Kier alpha value is -3.04. The zero-order chi connectivity index (χ0) is 28.9. The number of methoxy groups -OCH3 is 1. The summed E-state index contributed by atoms with van der Waals surface area (Å²) in [5, 5.41) is 9.63. The van der Waals surface area contributed by atoms with Crippen molar-refractivity contribution in [3.05, 3.63) is 46.3 Å². The van der Waals surface area contributed by atoms with Crippen LogP contribution < -0.4 is 19.1 Å². The number of amidine groups is 1. The van der Waals surface area contributed by atoms with Gasteiger partial charge in [-0.15, -0.1) is 0 Å². The predicted octanol–water partition coefficient (Wildman–Crippen LogP) is 5.35. The highest BCUT2D eigenvalue weighted by atomic mass is 35.5. The maximum absolute atomic E-state index is 15.6. The van der Waals surface area contributed by atoms with E-state index in [1.165, 1.54) is 0 Å². The molecule has 3 rings (SSSR count). The Bertz CT molecular complexity index is 1230. The number of anilines is 1. The molecule has 1 heterocycles. The molecule has 0 unspecified atom stereocenters. The van der Waals surface area contributed by atoms with Gasteiger partial charge < -0.3 is 29.1 Å². The zero-order valence-electron chi connectivity index (χ0n) is 23.9. The van der Waals surface area contributed by atoms with Gasteiger partial charge in [0, 0.05) is 42.5 Å². The number of nitrogens with zero attached hydrogens (tertiary/aromatic N) is 3. The molecule has 0 saturated heterocycles. The largest absolute Gasteiger partial charge is 0.494 e. The molecule has 1 aliphatic heterocycles. The summed E-state index contributed by atoms with van der Waals surface area (Å²) in [5.41, 5.74) is 2.56. The van der Waals surface area contributed by atoms with Crippen LogP contribution in [0.5, 0.6) is 17.2 Å². The molecule has 0 aliphatic carbocycles. The molecule has 10 heteroatoms. The molecule has 0 radical (unpaired) electrons. The number of ether oxygens (including phenoxy) is 3. The molecule has 39 heavy (non-hydrogen) atoms. The van der Waals surface area contributed by atoms with Gasteiger partial charge >= 0.3 is 0 Å². The van der Waals surface area contributed by atoms with Crippen molar-refractivity contribution < 1.29 is 28.5 Å². The Morgan fingerprint density at radius 2 is 1.85 bits per heavy atom. The average Bonchev–Trinajstić information content (AvgIpc) is 3.25. The Labute approximate surface area is 235 Å². The third-order valence-electron chi connectivity index (χ3n) is 6.65. The fourth-order valence-electron chi connectivity index (χ4n) is 4.85. The van der Waals surface area contributed by atoms with Gasteiger partial charge in [0.15, 0.2) is 28.9 Å². The van der Waals surface area contributed by atoms with Crippen LogP contribution in [-0.2, 0) is 12.0 Å². The summed E-state index contributed by atoms with van der Waals surface area (Å²) >= 11 is 5.96. The summed E-state index contributed by atoms with van der Waals surface area (Å²) in [6.07, 6.45) is 0. The van der Waals surface area contributed by atoms with Gasteiger partial charge in [-0.1, -0.05) is 20.8 Å². The first kappa shape index (κ1) is 30.5. The molecule has 0 amide bonds. The average molecular weight is 564 g/mol. The number of carbonyl (C=O) groups is 1. The van der Waals surface area contributed by atoms with Gasteiger partial charge in [-0.3, -0.25) is 4.79 Å². The number of likely N-dealkylation sites (N-methyl/N-ethyl adjacent to an activating group) is 1. The quantitative estimate of drug-likeness (QED) is 0.349. The van der Waals surface area contributed by atoms with Gasteiger partial charge in [-0.2, -0.15) is 4.51 Å². The van der Waals surface area contributed by atoms with Crippen LogP contribution in [0.1, 0.15) is 68.6 Å². The minimum absolute atomic E-state index is 0.00208. The van der Waals surface area contributed by atoms with E-state index in [0.717, 1.165) is 11.3 Å². The maximum Gasteiger partial charge on any atom is 0.197 e. The molecule has 0 aromatic heterocycles. The minimum Gasteiger partial charge on any atom is -0.494 e. The van der Waals surface area contributed by atoms with Crippen LogP contribution in [0.2, 0.25) is 0 Å². The van der Waals surface area contributed by atoms with E-state index in [1.807, 2.05) is 24.8 Å². The van der Waals surface area contributed by atoms with Crippen LogP contribution in [0.3, 0.4) is 0 Å². The number of rotatable bonds is 12. The van der Waals surface area contributed by atoms with Crippen LogP contribution in [0, 0.1) is 5.82 Å². The van der Waals surface area contributed by atoms with E-state index in [0.29, 0.717) is 42.3 Å². The van der Waals surface area contributed by atoms with E-state index < -0.39 is 5.82 Å². The standard InChI is InChI=1S/C29H39ClFN3O5/c1-8-33(11-12-35)21-14-18(13-20(26(21)37-7)29(4,5)6)22(36)17-34-16-19-15-23(38-9-2)27(39-10-3)25(31)24(19)28(34)32-30/h13-15,35H,8-12,16-17H2,1-7H3/b32-28-. The number of fused-ring (bicyclic) bond motifs is 1. The monoisotopic (exact) mass is 563 g/mol. The summed E-state index contributed by atoms with van der Waals surface area (Å²) in [6, 6.07) is 5.35. The van der Waals surface area contributed by atoms with E-state index >= 15 is 4.39 Å². The second-order valence-electron chi connectivity index (χ2n) is 10.2. The van der Waals surface area contributed by atoms with Crippen LogP contribution in [0.15, 0.2) is 22.7 Å². The molecule has 8 nitrogen and oxygen atoms in total. The van der Waals surface area contributed by atoms with Crippen molar-refractivity contribution in [3.8, 4) is 17.2 Å². The summed E-state index contributed by atoms with van der Waals surface area (Å²) < 4.78 is 36.4. The van der Waals surface area contributed by atoms with Crippen molar-refractivity contribution in [2.75, 3.05) is 51.5 Å². The maximum atomic E-state index is 15.6. The van der Waals surface area contributed by atoms with Gasteiger partial charge in [0.2, 0.25) is 0 Å². The molecule has 0 spiro atoms. The third kappa shape index (κ3) is 6.25. The first-order chi connectivity index (χ1) is 18.6. The van der Waals surface area contributed by atoms with E-state index in [-0.39, 0.29) is 54.7 Å². The molecule has 2 aromatic carbocycles. The Morgan fingerprint density at radius 1 is 1.15 bits per heavy atom. The van der Waals surface area contributed by atoms with E-state index in [4.69, 9.17) is 26.0 Å². The lowest BCUT2D eigenvalue weighted by molar-refractivity contribution is 0.0963. The third-order valence-corrected chi connectivity index (χ3v) is 6.81. The number of benzene rings is 2. The van der Waals surface area contributed by atoms with Crippen molar-refractivity contribution in [3.63, 3.8) is 0 Å². The topological polar surface area (TPSA) is 83.8 Å². The van der Waals surface area contributed by atoms with Crippen molar-refractivity contribution in [2.24, 2.45) is 4.51 Å². The number of halogens is 2. The summed E-state index contributed by atoms with van der Waals surface area (Å²) in [7, 11) is 1.61. The molecule has 1 N–H and O–H groups in total. The van der Waals surface area contributed by atoms with Crippen molar-refractivity contribution in [1.29, 1.82) is 0 Å². The number of carbonyl (C=O) groups excluding carboxylic acids is 1. The first-order valence-electron chi connectivity index (χ1n) is 13.2. The normalized spacial score (nSPS) is 14.0. The van der Waals surface area contributed by atoms with Crippen LogP contribution in [-0.4, -0.2) is 68.2 Å². The summed E-state index contributed by atoms with van der Waals surface area (Å²) in [6.45, 7) is 13.4. The van der Waals surface area contributed by atoms with Crippen LogP contribution >= 0.6 is 11.8 Å². The van der Waals surface area contributed by atoms with Crippen LogP contribution in [0.25, 0.3) is 0 Å². The van der Waals surface area contributed by atoms with E-state index in [9.17, 15) is 9.90 Å². The molecular formula is C29H39ClFN3O5. The van der Waals surface area contributed by atoms with E-state index in [1.54, 1.807) is 31.1 Å². The van der Waals surface area contributed by atoms with Gasteiger partial charge in [0.25, 0.3) is 0 Å². The molecular weight excluding hydrogens is 525 g/mol. The molecule has 214 valence electrons. The minimum atomic E-state index is -0.614. The smallest absolute Gasteiger partial charge is 0.197 e. The van der Waals surface area contributed by atoms with Crippen molar-refractivity contribution in [1.82, 2.24) is 4.90 Å². The zero-order valence-corrected chi connectivity index (χ0v) is 24.6. The molecule has 0 fully saturated rings. The molecule has 0 saturated carbocycles. The lowest BCUT2D eigenvalue weighted by atomic mass is 9.84. The SMILES string of the molecule is CCOc1cc2c(c(F)c1OCC)/C(=N/Cl)N(CC(=O)c1cc(N(CC)CCO)c(OC)c(C(C)(C)C)c1)C2. The first-order valence-corrected chi connectivity index (χ1v) is 13.6. The Kier molecular flexibility index (Phi) is 10.1. The molecule has 0 atom stereocenters.